The van der Waals surface area contributed by atoms with Crippen molar-refractivity contribution in [1.82, 2.24) is 14.7 Å². The Balaban J connectivity index is 1.91. The highest BCUT2D eigenvalue weighted by atomic mass is 79.9. The zero-order valence-electron chi connectivity index (χ0n) is 10.8. The number of halogens is 1. The Morgan fingerprint density at radius 3 is 2.61 bits per heavy atom. The van der Waals surface area contributed by atoms with Gasteiger partial charge in [0.15, 0.2) is 0 Å². The van der Waals surface area contributed by atoms with E-state index in [2.05, 4.69) is 21.0 Å². The van der Waals surface area contributed by atoms with Gasteiger partial charge in [0.05, 0.1) is 23.1 Å². The first-order valence-electron chi connectivity index (χ1n) is 6.63. The van der Waals surface area contributed by atoms with Gasteiger partial charge >= 0.3 is 0 Å². The lowest BCUT2D eigenvalue weighted by Gasteiger charge is -2.24. The van der Waals surface area contributed by atoms with Crippen molar-refractivity contribution in [3.63, 3.8) is 0 Å². The smallest absolute Gasteiger partial charge is 0.227 e. The van der Waals surface area contributed by atoms with Crippen molar-refractivity contribution in [2.24, 2.45) is 5.92 Å². The van der Waals surface area contributed by atoms with E-state index >= 15 is 0 Å². The van der Waals surface area contributed by atoms with Gasteiger partial charge in [-0.1, -0.05) is 19.8 Å². The summed E-state index contributed by atoms with van der Waals surface area (Å²) in [7, 11) is 0. The van der Waals surface area contributed by atoms with Crippen molar-refractivity contribution in [2.75, 3.05) is 13.1 Å². The number of amides is 1. The number of hydrogen-bond acceptors (Lipinski definition) is 2. The van der Waals surface area contributed by atoms with Gasteiger partial charge in [0.25, 0.3) is 0 Å². The minimum absolute atomic E-state index is 0.00472. The average Bonchev–Trinajstić information content (AvgIpc) is 2.62. The summed E-state index contributed by atoms with van der Waals surface area (Å²) >= 11 is 3.37. The molecule has 2 rings (SSSR count). The van der Waals surface area contributed by atoms with Crippen molar-refractivity contribution < 1.29 is 4.79 Å². The molecule has 1 saturated heterocycles. The van der Waals surface area contributed by atoms with Gasteiger partial charge in [-0.25, -0.2) is 0 Å². The fourth-order valence-electron chi connectivity index (χ4n) is 2.40. The number of hydrogen-bond donors (Lipinski definition) is 0. The summed E-state index contributed by atoms with van der Waals surface area (Å²) in [5.74, 6) is 0.262. The van der Waals surface area contributed by atoms with E-state index < -0.39 is 0 Å². The Labute approximate surface area is 116 Å². The van der Waals surface area contributed by atoms with Crippen molar-refractivity contribution in [3.8, 4) is 0 Å². The molecule has 4 nitrogen and oxygen atoms in total. The van der Waals surface area contributed by atoms with E-state index in [0.29, 0.717) is 6.54 Å². The summed E-state index contributed by atoms with van der Waals surface area (Å²) in [5, 5.41) is 4.20. The van der Waals surface area contributed by atoms with E-state index in [1.807, 2.05) is 22.7 Å². The maximum atomic E-state index is 12.3. The molecule has 0 aromatic carbocycles. The van der Waals surface area contributed by atoms with Crippen LogP contribution in [0.2, 0.25) is 0 Å². The summed E-state index contributed by atoms with van der Waals surface area (Å²) < 4.78 is 2.78. The minimum Gasteiger partial charge on any atom is -0.342 e. The van der Waals surface area contributed by atoms with Crippen molar-refractivity contribution in [2.45, 2.75) is 39.2 Å². The van der Waals surface area contributed by atoms with Crippen LogP contribution in [0.4, 0.5) is 0 Å². The second kappa shape index (κ2) is 6.36. The van der Waals surface area contributed by atoms with Crippen LogP contribution in [0.3, 0.4) is 0 Å². The van der Waals surface area contributed by atoms with E-state index in [9.17, 15) is 4.79 Å². The summed E-state index contributed by atoms with van der Waals surface area (Å²) in [6.45, 7) is 4.49. The van der Waals surface area contributed by atoms with Crippen molar-refractivity contribution in [1.29, 1.82) is 0 Å². The normalized spacial score (nSPS) is 18.4. The van der Waals surface area contributed by atoms with Gasteiger partial charge in [-0.05, 0) is 28.8 Å². The number of rotatable bonds is 3. The molecule has 0 radical (unpaired) electrons. The molecule has 1 aromatic heterocycles. The Hall–Kier alpha value is -0.840. The van der Waals surface area contributed by atoms with Crippen molar-refractivity contribution in [3.05, 3.63) is 16.9 Å². The predicted molar refractivity (Wildman–Crippen MR) is 74.1 cm³/mol. The van der Waals surface area contributed by atoms with Gasteiger partial charge in [-0.3, -0.25) is 9.48 Å². The Bertz CT molecular complexity index is 397. The maximum Gasteiger partial charge on any atom is 0.227 e. The van der Waals surface area contributed by atoms with E-state index in [4.69, 9.17) is 0 Å². The van der Waals surface area contributed by atoms with E-state index in [0.717, 1.165) is 30.4 Å². The first-order valence-corrected chi connectivity index (χ1v) is 7.43. The average molecular weight is 314 g/mol. The lowest BCUT2D eigenvalue weighted by molar-refractivity contribution is -0.135. The molecule has 0 N–H and O–H groups in total. The molecule has 0 aliphatic carbocycles. The second-order valence-corrected chi connectivity index (χ2v) is 5.94. The molecule has 2 heterocycles. The molecule has 0 spiro atoms. The molecule has 0 saturated carbocycles. The first kappa shape index (κ1) is 13.6. The third-order valence-corrected chi connectivity index (χ3v) is 3.81. The van der Waals surface area contributed by atoms with Crippen LogP contribution in [0.25, 0.3) is 0 Å². The topological polar surface area (TPSA) is 38.1 Å². The monoisotopic (exact) mass is 313 g/mol. The van der Waals surface area contributed by atoms with Gasteiger partial charge in [0, 0.05) is 19.3 Å². The van der Waals surface area contributed by atoms with Gasteiger partial charge in [-0.15, -0.1) is 0 Å². The number of likely N-dealkylation sites (tertiary alicyclic amines) is 1. The molecule has 1 aliphatic rings. The zero-order valence-corrected chi connectivity index (χ0v) is 12.4. The number of carbonyl (C=O) groups excluding carboxylic acids is 1. The lowest BCUT2D eigenvalue weighted by Crippen LogP contribution is -2.37. The van der Waals surface area contributed by atoms with Crippen LogP contribution in [-0.2, 0) is 11.3 Å². The van der Waals surface area contributed by atoms with Crippen LogP contribution >= 0.6 is 15.9 Å². The van der Waals surface area contributed by atoms with Gasteiger partial charge in [-0.2, -0.15) is 5.10 Å². The highest BCUT2D eigenvalue weighted by Crippen LogP contribution is 2.14. The number of aromatic nitrogens is 2. The maximum absolute atomic E-state index is 12.3. The van der Waals surface area contributed by atoms with E-state index in [1.165, 1.54) is 12.8 Å². The van der Waals surface area contributed by atoms with Crippen LogP contribution in [0.5, 0.6) is 0 Å². The fraction of sp³-hybridized carbons (Fsp3) is 0.692. The van der Waals surface area contributed by atoms with Crippen LogP contribution < -0.4 is 0 Å². The van der Waals surface area contributed by atoms with Crippen LogP contribution in [0, 0.1) is 5.92 Å². The highest BCUT2D eigenvalue weighted by molar-refractivity contribution is 9.10. The van der Waals surface area contributed by atoms with Crippen molar-refractivity contribution >= 4 is 21.8 Å². The minimum atomic E-state index is -0.00472. The molecule has 1 aliphatic heterocycles. The summed E-state index contributed by atoms with van der Waals surface area (Å²) in [4.78, 5) is 14.4. The molecular weight excluding hydrogens is 294 g/mol. The molecule has 1 aromatic rings. The fourth-order valence-corrected chi connectivity index (χ4v) is 2.73. The molecule has 0 bridgehead atoms. The Morgan fingerprint density at radius 2 is 2.06 bits per heavy atom. The lowest BCUT2D eigenvalue weighted by atomic mass is 10.1. The van der Waals surface area contributed by atoms with Gasteiger partial charge in [0.1, 0.15) is 0 Å². The first-order chi connectivity index (χ1) is 8.66. The number of carbonyl (C=O) groups is 1. The van der Waals surface area contributed by atoms with Crippen LogP contribution in [0.15, 0.2) is 16.9 Å². The quantitative estimate of drug-likeness (QED) is 0.860. The molecule has 1 amide bonds. The predicted octanol–water partition coefficient (Wildman–Crippen LogP) is 2.68. The molecule has 100 valence electrons. The van der Waals surface area contributed by atoms with Gasteiger partial charge in [0.2, 0.25) is 5.91 Å². The molecule has 5 heteroatoms. The third kappa shape index (κ3) is 3.57. The summed E-state index contributed by atoms with van der Waals surface area (Å²) in [6, 6.07) is 0. The van der Waals surface area contributed by atoms with Gasteiger partial charge < -0.3 is 4.90 Å². The van der Waals surface area contributed by atoms with E-state index in [-0.39, 0.29) is 11.8 Å². The van der Waals surface area contributed by atoms with Crippen LogP contribution in [-0.4, -0.2) is 33.7 Å². The molecule has 18 heavy (non-hydrogen) atoms. The second-order valence-electron chi connectivity index (χ2n) is 5.02. The highest BCUT2D eigenvalue weighted by Gasteiger charge is 2.21. The molecule has 1 atom stereocenters. The van der Waals surface area contributed by atoms with E-state index in [1.54, 1.807) is 6.20 Å². The largest absolute Gasteiger partial charge is 0.342 e. The Kier molecular flexibility index (Phi) is 4.80. The molecular formula is C13H20BrN3O. The summed E-state index contributed by atoms with van der Waals surface area (Å²) in [5.41, 5.74) is 0. The third-order valence-electron chi connectivity index (χ3n) is 3.40. The Morgan fingerprint density at radius 1 is 1.39 bits per heavy atom. The zero-order chi connectivity index (χ0) is 13.0. The number of nitrogens with zero attached hydrogens (tertiary/aromatic N) is 3. The van der Waals surface area contributed by atoms with Crippen LogP contribution in [0.1, 0.15) is 32.6 Å². The molecule has 0 unspecified atom stereocenters. The SMILES string of the molecule is C[C@H](Cn1cc(Br)cn1)C(=O)N1CCCCCC1. The summed E-state index contributed by atoms with van der Waals surface area (Å²) in [6.07, 6.45) is 8.46. The standard InChI is InChI=1S/C13H20BrN3O/c1-11(9-17-10-12(14)8-15-17)13(18)16-6-4-2-3-5-7-16/h8,10-11H,2-7,9H2,1H3/t11-/m1/s1. The molecule has 1 fully saturated rings.